The lowest BCUT2D eigenvalue weighted by Gasteiger charge is -2.10. The quantitative estimate of drug-likeness (QED) is 0.801. The van der Waals surface area contributed by atoms with Crippen molar-refractivity contribution in [3.05, 3.63) is 29.3 Å². The molecule has 0 aliphatic carbocycles. The number of hydrogen-bond donors (Lipinski definition) is 1. The van der Waals surface area contributed by atoms with E-state index in [2.05, 4.69) is 0 Å². The van der Waals surface area contributed by atoms with Gasteiger partial charge in [-0.2, -0.15) is 13.2 Å². The van der Waals surface area contributed by atoms with Crippen LogP contribution in [-0.2, 0) is 22.7 Å². The lowest BCUT2D eigenvalue weighted by molar-refractivity contribution is -0.137. The third-order valence-corrected chi connectivity index (χ3v) is 2.55. The SMILES string of the molecule is CS(=O)Cc1cc(C(F)(F)F)ccc1N. The van der Waals surface area contributed by atoms with Crippen LogP contribution in [0.1, 0.15) is 11.1 Å². The Morgan fingerprint density at radius 1 is 1.40 bits per heavy atom. The van der Waals surface area contributed by atoms with Gasteiger partial charge >= 0.3 is 6.18 Å². The van der Waals surface area contributed by atoms with Crippen LogP contribution in [0, 0.1) is 0 Å². The summed E-state index contributed by atoms with van der Waals surface area (Å²) in [6.45, 7) is 0. The van der Waals surface area contributed by atoms with E-state index in [1.165, 1.54) is 12.3 Å². The molecule has 2 nitrogen and oxygen atoms in total. The van der Waals surface area contributed by atoms with Crippen LogP contribution in [-0.4, -0.2) is 10.5 Å². The van der Waals surface area contributed by atoms with E-state index in [4.69, 9.17) is 5.73 Å². The van der Waals surface area contributed by atoms with Crippen LogP contribution in [0.2, 0.25) is 0 Å². The lowest BCUT2D eigenvalue weighted by atomic mass is 10.1. The highest BCUT2D eigenvalue weighted by Gasteiger charge is 2.30. The summed E-state index contributed by atoms with van der Waals surface area (Å²) in [5.74, 6) is 0.0375. The minimum Gasteiger partial charge on any atom is -0.398 e. The fourth-order valence-electron chi connectivity index (χ4n) is 1.13. The topological polar surface area (TPSA) is 43.1 Å². The second-order valence-corrected chi connectivity index (χ2v) is 4.56. The molecule has 0 amide bonds. The minimum absolute atomic E-state index is 0.0375. The van der Waals surface area contributed by atoms with Gasteiger partial charge in [0.25, 0.3) is 0 Å². The van der Waals surface area contributed by atoms with Crippen molar-refractivity contribution in [1.29, 1.82) is 0 Å². The maximum Gasteiger partial charge on any atom is 0.416 e. The smallest absolute Gasteiger partial charge is 0.398 e. The van der Waals surface area contributed by atoms with Gasteiger partial charge in [-0.1, -0.05) is 0 Å². The molecule has 0 aromatic heterocycles. The average Bonchev–Trinajstić information content (AvgIpc) is 2.06. The zero-order valence-electron chi connectivity index (χ0n) is 7.97. The van der Waals surface area contributed by atoms with Crippen LogP contribution in [0.4, 0.5) is 18.9 Å². The van der Waals surface area contributed by atoms with Gasteiger partial charge in [0.15, 0.2) is 0 Å². The summed E-state index contributed by atoms with van der Waals surface area (Å²) in [4.78, 5) is 0. The molecule has 15 heavy (non-hydrogen) atoms. The second-order valence-electron chi connectivity index (χ2n) is 3.13. The van der Waals surface area contributed by atoms with E-state index in [1.54, 1.807) is 0 Å². The fourth-order valence-corrected chi connectivity index (χ4v) is 1.81. The highest BCUT2D eigenvalue weighted by atomic mass is 32.2. The summed E-state index contributed by atoms with van der Waals surface area (Å²) in [7, 11) is -1.21. The van der Waals surface area contributed by atoms with Crippen molar-refractivity contribution >= 4 is 16.5 Å². The zero-order valence-corrected chi connectivity index (χ0v) is 8.78. The van der Waals surface area contributed by atoms with Crippen molar-refractivity contribution < 1.29 is 17.4 Å². The molecule has 0 fully saturated rings. The molecular weight excluding hydrogens is 227 g/mol. The largest absolute Gasteiger partial charge is 0.416 e. The Morgan fingerprint density at radius 2 is 2.00 bits per heavy atom. The molecule has 1 aromatic carbocycles. The van der Waals surface area contributed by atoms with Gasteiger partial charge in [-0.15, -0.1) is 0 Å². The summed E-state index contributed by atoms with van der Waals surface area (Å²) < 4.78 is 47.9. The van der Waals surface area contributed by atoms with Crippen LogP contribution in [0.3, 0.4) is 0 Å². The molecule has 1 unspecified atom stereocenters. The molecular formula is C9H10F3NOS. The molecule has 0 heterocycles. The number of benzene rings is 1. The Morgan fingerprint density at radius 3 is 2.47 bits per heavy atom. The van der Waals surface area contributed by atoms with Crippen molar-refractivity contribution in [3.63, 3.8) is 0 Å². The summed E-state index contributed by atoms with van der Waals surface area (Å²) >= 11 is 0. The van der Waals surface area contributed by atoms with E-state index in [0.717, 1.165) is 12.1 Å². The molecule has 0 saturated heterocycles. The van der Waals surface area contributed by atoms with Gasteiger partial charge in [0.2, 0.25) is 0 Å². The number of nitrogen functional groups attached to an aromatic ring is 1. The summed E-state index contributed by atoms with van der Waals surface area (Å²) in [6.07, 6.45) is -2.97. The van der Waals surface area contributed by atoms with Crippen molar-refractivity contribution in [2.45, 2.75) is 11.9 Å². The average molecular weight is 237 g/mol. The Bertz CT molecular complexity index is 389. The van der Waals surface area contributed by atoms with Crippen molar-refractivity contribution in [1.82, 2.24) is 0 Å². The Kier molecular flexibility index (Phi) is 3.38. The first-order chi connectivity index (χ1) is 6.80. The van der Waals surface area contributed by atoms with Crippen LogP contribution < -0.4 is 5.73 Å². The summed E-state index contributed by atoms with van der Waals surface area (Å²) in [5, 5.41) is 0. The molecule has 0 saturated carbocycles. The Balaban J connectivity index is 3.11. The fraction of sp³-hybridized carbons (Fsp3) is 0.333. The number of hydrogen-bond acceptors (Lipinski definition) is 2. The highest BCUT2D eigenvalue weighted by molar-refractivity contribution is 7.83. The normalized spacial score (nSPS) is 13.9. The second kappa shape index (κ2) is 4.22. The van der Waals surface area contributed by atoms with E-state index in [9.17, 15) is 17.4 Å². The van der Waals surface area contributed by atoms with Gasteiger partial charge in [0, 0.05) is 22.7 Å². The molecule has 0 radical (unpaired) electrons. The predicted octanol–water partition coefficient (Wildman–Crippen LogP) is 2.17. The van der Waals surface area contributed by atoms with Crippen LogP contribution in [0.25, 0.3) is 0 Å². The molecule has 84 valence electrons. The number of anilines is 1. The Hall–Kier alpha value is -1.04. The maximum atomic E-state index is 12.3. The molecule has 0 bridgehead atoms. The molecule has 0 aliphatic rings. The molecule has 2 N–H and O–H groups in total. The van der Waals surface area contributed by atoms with E-state index < -0.39 is 22.5 Å². The van der Waals surface area contributed by atoms with Gasteiger partial charge in [0.05, 0.1) is 11.3 Å². The van der Waals surface area contributed by atoms with E-state index in [-0.39, 0.29) is 17.0 Å². The number of rotatable bonds is 2. The van der Waals surface area contributed by atoms with Crippen molar-refractivity contribution in [3.8, 4) is 0 Å². The van der Waals surface area contributed by atoms with E-state index in [1.807, 2.05) is 0 Å². The molecule has 1 atom stereocenters. The van der Waals surface area contributed by atoms with Gasteiger partial charge in [-0.05, 0) is 23.8 Å². The molecule has 1 rings (SSSR count). The first-order valence-electron chi connectivity index (χ1n) is 4.06. The minimum atomic E-state index is -4.39. The van der Waals surface area contributed by atoms with Crippen molar-refractivity contribution in [2.24, 2.45) is 0 Å². The summed E-state index contributed by atoms with van der Waals surface area (Å²) in [5.41, 5.74) is 5.22. The first-order valence-corrected chi connectivity index (χ1v) is 5.79. The first kappa shape index (κ1) is 12.0. The zero-order chi connectivity index (χ0) is 11.6. The van der Waals surface area contributed by atoms with Crippen molar-refractivity contribution in [2.75, 3.05) is 12.0 Å². The standard InChI is InChI=1S/C9H10F3NOS/c1-15(14)5-6-4-7(9(10,11)12)2-3-8(6)13/h2-4H,5,13H2,1H3. The number of nitrogens with two attached hydrogens (primary N) is 1. The van der Waals surface area contributed by atoms with Gasteiger partial charge in [-0.25, -0.2) is 0 Å². The third-order valence-electron chi connectivity index (χ3n) is 1.83. The number of halogens is 3. The van der Waals surface area contributed by atoms with Crippen LogP contribution in [0.15, 0.2) is 18.2 Å². The molecule has 0 aliphatic heterocycles. The van der Waals surface area contributed by atoms with E-state index in [0.29, 0.717) is 0 Å². The number of alkyl halides is 3. The van der Waals surface area contributed by atoms with Crippen LogP contribution in [0.5, 0.6) is 0 Å². The van der Waals surface area contributed by atoms with Gasteiger partial charge in [-0.3, -0.25) is 4.21 Å². The third kappa shape index (κ3) is 3.23. The predicted molar refractivity (Wildman–Crippen MR) is 53.6 cm³/mol. The monoisotopic (exact) mass is 237 g/mol. The molecule has 0 spiro atoms. The van der Waals surface area contributed by atoms with Gasteiger partial charge < -0.3 is 5.73 Å². The van der Waals surface area contributed by atoms with E-state index >= 15 is 0 Å². The molecule has 1 aromatic rings. The Labute approximate surface area is 87.7 Å². The molecule has 6 heteroatoms. The van der Waals surface area contributed by atoms with Crippen LogP contribution >= 0.6 is 0 Å². The highest BCUT2D eigenvalue weighted by Crippen LogP contribution is 2.31. The van der Waals surface area contributed by atoms with Gasteiger partial charge in [0.1, 0.15) is 0 Å². The summed E-state index contributed by atoms with van der Waals surface area (Å²) in [6, 6.07) is 3.04. The maximum absolute atomic E-state index is 12.3. The lowest BCUT2D eigenvalue weighted by Crippen LogP contribution is -2.07.